The number of nitrogens with two attached hydrogens (primary N) is 1. The lowest BCUT2D eigenvalue weighted by molar-refractivity contribution is 1.11. The van der Waals surface area contributed by atoms with Gasteiger partial charge in [-0.1, -0.05) is 36.4 Å². The van der Waals surface area contributed by atoms with Crippen molar-refractivity contribution in [1.29, 1.82) is 0 Å². The molecule has 0 aliphatic heterocycles. The van der Waals surface area contributed by atoms with Crippen molar-refractivity contribution < 1.29 is 0 Å². The zero-order valence-electron chi connectivity index (χ0n) is 8.97. The van der Waals surface area contributed by atoms with Crippen LogP contribution in [-0.4, -0.2) is 17.3 Å². The van der Waals surface area contributed by atoms with Gasteiger partial charge in [0.15, 0.2) is 0 Å². The Bertz CT molecular complexity index is 443. The molecule has 2 aromatic rings. The van der Waals surface area contributed by atoms with E-state index in [1.807, 2.05) is 36.4 Å². The van der Waals surface area contributed by atoms with Crippen LogP contribution in [0.4, 0.5) is 0 Å². The summed E-state index contributed by atoms with van der Waals surface area (Å²) in [6, 6.07) is 16.3. The highest BCUT2D eigenvalue weighted by molar-refractivity contribution is 7.99. The molecule has 1 aromatic heterocycles. The number of aromatic nitrogens is 1. The zero-order chi connectivity index (χ0) is 11.2. The minimum Gasteiger partial charge on any atom is -0.330 e. The molecule has 0 fully saturated rings. The second kappa shape index (κ2) is 5.68. The van der Waals surface area contributed by atoms with E-state index < -0.39 is 0 Å². The molecule has 0 bridgehead atoms. The highest BCUT2D eigenvalue weighted by Gasteiger charge is 2.00. The van der Waals surface area contributed by atoms with Gasteiger partial charge in [0, 0.05) is 17.9 Å². The molecule has 0 radical (unpaired) electrons. The van der Waals surface area contributed by atoms with Gasteiger partial charge in [-0.25, -0.2) is 4.98 Å². The Morgan fingerprint density at radius 2 is 1.81 bits per heavy atom. The molecule has 0 saturated carbocycles. The van der Waals surface area contributed by atoms with Crippen LogP contribution < -0.4 is 5.73 Å². The third-order valence-corrected chi connectivity index (χ3v) is 3.12. The molecule has 16 heavy (non-hydrogen) atoms. The molecule has 0 aliphatic rings. The number of rotatable bonds is 4. The third-order valence-electron chi connectivity index (χ3n) is 2.16. The van der Waals surface area contributed by atoms with Crippen molar-refractivity contribution >= 4 is 11.8 Å². The van der Waals surface area contributed by atoms with Gasteiger partial charge in [0.2, 0.25) is 0 Å². The maximum Gasteiger partial charge on any atom is 0.0967 e. The van der Waals surface area contributed by atoms with Crippen molar-refractivity contribution in [3.63, 3.8) is 0 Å². The van der Waals surface area contributed by atoms with Gasteiger partial charge >= 0.3 is 0 Å². The predicted molar refractivity (Wildman–Crippen MR) is 69.5 cm³/mol. The van der Waals surface area contributed by atoms with Gasteiger partial charge in [-0.2, -0.15) is 0 Å². The van der Waals surface area contributed by atoms with Crippen LogP contribution in [0.5, 0.6) is 0 Å². The van der Waals surface area contributed by atoms with Gasteiger partial charge in [-0.15, -0.1) is 11.8 Å². The Kier molecular flexibility index (Phi) is 3.97. The molecule has 0 atom stereocenters. The molecule has 0 amide bonds. The zero-order valence-corrected chi connectivity index (χ0v) is 9.78. The van der Waals surface area contributed by atoms with Crippen LogP contribution in [-0.2, 0) is 0 Å². The van der Waals surface area contributed by atoms with E-state index in [0.29, 0.717) is 6.54 Å². The van der Waals surface area contributed by atoms with Crippen molar-refractivity contribution in [2.24, 2.45) is 5.73 Å². The highest BCUT2D eigenvalue weighted by Crippen LogP contribution is 2.21. The number of pyridine rings is 1. The van der Waals surface area contributed by atoms with E-state index in [1.165, 1.54) is 0 Å². The molecule has 82 valence electrons. The Hall–Kier alpha value is -1.32. The lowest BCUT2D eigenvalue weighted by atomic mass is 10.1. The molecule has 1 aromatic carbocycles. The first-order valence-electron chi connectivity index (χ1n) is 5.25. The fourth-order valence-electron chi connectivity index (χ4n) is 1.43. The minimum absolute atomic E-state index is 0.682. The van der Waals surface area contributed by atoms with Crippen LogP contribution in [0, 0.1) is 0 Å². The van der Waals surface area contributed by atoms with E-state index >= 15 is 0 Å². The molecule has 1 heterocycles. The van der Waals surface area contributed by atoms with Crippen LogP contribution in [0.2, 0.25) is 0 Å². The summed E-state index contributed by atoms with van der Waals surface area (Å²) < 4.78 is 0. The summed E-state index contributed by atoms with van der Waals surface area (Å²) in [6.07, 6.45) is 0. The quantitative estimate of drug-likeness (QED) is 0.821. The Balaban J connectivity index is 2.22. The van der Waals surface area contributed by atoms with Crippen LogP contribution in [0.25, 0.3) is 11.3 Å². The second-order valence-electron chi connectivity index (χ2n) is 3.36. The number of benzene rings is 1. The van der Waals surface area contributed by atoms with E-state index in [4.69, 9.17) is 5.73 Å². The standard InChI is InChI=1S/C13H14N2S/c14-9-10-16-13-8-4-7-12(15-13)11-5-2-1-3-6-11/h1-8H,9-10,14H2. The molecule has 0 spiro atoms. The van der Waals surface area contributed by atoms with Crippen LogP contribution >= 0.6 is 11.8 Å². The van der Waals surface area contributed by atoms with E-state index in [1.54, 1.807) is 11.8 Å². The molecule has 3 heteroatoms. The largest absolute Gasteiger partial charge is 0.330 e. The van der Waals surface area contributed by atoms with E-state index in [9.17, 15) is 0 Å². The first-order valence-corrected chi connectivity index (χ1v) is 6.24. The maximum absolute atomic E-state index is 5.48. The van der Waals surface area contributed by atoms with Gasteiger partial charge < -0.3 is 5.73 Å². The first kappa shape index (κ1) is 11.2. The Morgan fingerprint density at radius 3 is 2.56 bits per heavy atom. The smallest absolute Gasteiger partial charge is 0.0967 e. The predicted octanol–water partition coefficient (Wildman–Crippen LogP) is 2.80. The summed E-state index contributed by atoms with van der Waals surface area (Å²) in [5.74, 6) is 0.908. The van der Waals surface area contributed by atoms with Crippen molar-refractivity contribution in [3.05, 3.63) is 48.5 Å². The molecular weight excluding hydrogens is 216 g/mol. The summed E-state index contributed by atoms with van der Waals surface area (Å²) in [6.45, 7) is 0.682. The SMILES string of the molecule is NCCSc1cccc(-c2ccccc2)n1. The second-order valence-corrected chi connectivity index (χ2v) is 4.48. The van der Waals surface area contributed by atoms with E-state index in [2.05, 4.69) is 17.1 Å². The lowest BCUT2D eigenvalue weighted by Crippen LogP contribution is -2.01. The molecule has 0 unspecified atom stereocenters. The normalized spacial score (nSPS) is 10.3. The lowest BCUT2D eigenvalue weighted by Gasteiger charge is -2.03. The fourth-order valence-corrected chi connectivity index (χ4v) is 2.09. The number of nitrogens with zero attached hydrogens (tertiary/aromatic N) is 1. The van der Waals surface area contributed by atoms with Crippen molar-refractivity contribution in [2.75, 3.05) is 12.3 Å². The van der Waals surface area contributed by atoms with Crippen LogP contribution in [0.3, 0.4) is 0 Å². The maximum atomic E-state index is 5.48. The first-order chi connectivity index (χ1) is 7.90. The van der Waals surface area contributed by atoms with Crippen LogP contribution in [0.15, 0.2) is 53.6 Å². The molecule has 2 nitrogen and oxygen atoms in total. The van der Waals surface area contributed by atoms with Gasteiger partial charge in [-0.05, 0) is 12.1 Å². The topological polar surface area (TPSA) is 38.9 Å². The minimum atomic E-state index is 0.682. The summed E-state index contributed by atoms with van der Waals surface area (Å²) in [4.78, 5) is 4.59. The molecule has 0 saturated heterocycles. The Labute approximate surface area is 99.9 Å². The monoisotopic (exact) mass is 230 g/mol. The average Bonchev–Trinajstić information content (AvgIpc) is 2.38. The van der Waals surface area contributed by atoms with Gasteiger partial charge in [0.25, 0.3) is 0 Å². The van der Waals surface area contributed by atoms with Crippen molar-refractivity contribution in [1.82, 2.24) is 4.98 Å². The summed E-state index contributed by atoms with van der Waals surface area (Å²) in [7, 11) is 0. The highest BCUT2D eigenvalue weighted by atomic mass is 32.2. The van der Waals surface area contributed by atoms with E-state index in [-0.39, 0.29) is 0 Å². The number of thioether (sulfide) groups is 1. The molecule has 2 rings (SSSR count). The number of hydrogen-bond donors (Lipinski definition) is 1. The fraction of sp³-hybridized carbons (Fsp3) is 0.154. The van der Waals surface area contributed by atoms with E-state index in [0.717, 1.165) is 22.0 Å². The summed E-state index contributed by atoms with van der Waals surface area (Å²) in [5, 5.41) is 1.03. The van der Waals surface area contributed by atoms with Crippen molar-refractivity contribution in [2.45, 2.75) is 5.03 Å². The van der Waals surface area contributed by atoms with Gasteiger partial charge in [-0.3, -0.25) is 0 Å². The molecular formula is C13H14N2S. The van der Waals surface area contributed by atoms with Crippen molar-refractivity contribution in [3.8, 4) is 11.3 Å². The summed E-state index contributed by atoms with van der Waals surface area (Å²) in [5.41, 5.74) is 7.64. The van der Waals surface area contributed by atoms with Gasteiger partial charge in [0.05, 0.1) is 10.7 Å². The molecule has 2 N–H and O–H groups in total. The number of hydrogen-bond acceptors (Lipinski definition) is 3. The van der Waals surface area contributed by atoms with Crippen LogP contribution in [0.1, 0.15) is 0 Å². The third kappa shape index (κ3) is 2.84. The Morgan fingerprint density at radius 1 is 1.00 bits per heavy atom. The molecule has 0 aliphatic carbocycles. The summed E-state index contributed by atoms with van der Waals surface area (Å²) >= 11 is 1.69. The van der Waals surface area contributed by atoms with Gasteiger partial charge in [0.1, 0.15) is 0 Å². The average molecular weight is 230 g/mol.